The van der Waals surface area contributed by atoms with Crippen molar-refractivity contribution < 1.29 is 13.6 Å². The first-order valence-electron chi connectivity index (χ1n) is 8.19. The van der Waals surface area contributed by atoms with Gasteiger partial charge in [-0.1, -0.05) is 33.1 Å². The molecule has 0 spiro atoms. The normalized spacial score (nSPS) is 17.5. The van der Waals surface area contributed by atoms with Gasteiger partial charge in [0.1, 0.15) is 0 Å². The van der Waals surface area contributed by atoms with Crippen molar-refractivity contribution in [3.05, 3.63) is 29.8 Å². The highest BCUT2D eigenvalue weighted by Gasteiger charge is 2.39. The lowest BCUT2D eigenvalue weighted by Crippen LogP contribution is -2.38. The summed E-state index contributed by atoms with van der Waals surface area (Å²) in [7, 11) is 0. The molecule has 122 valence electrons. The minimum atomic E-state index is -0.933. The van der Waals surface area contributed by atoms with Gasteiger partial charge in [0, 0.05) is 17.2 Å². The van der Waals surface area contributed by atoms with Crippen LogP contribution in [0.4, 0.5) is 14.5 Å². The van der Waals surface area contributed by atoms with Gasteiger partial charge in [-0.25, -0.2) is 8.78 Å². The van der Waals surface area contributed by atoms with Gasteiger partial charge in [0.15, 0.2) is 11.6 Å². The van der Waals surface area contributed by atoms with Gasteiger partial charge in [-0.05, 0) is 43.7 Å². The maximum atomic E-state index is 13.3. The molecule has 0 aliphatic heterocycles. The molecular weight excluding hydrogens is 284 g/mol. The van der Waals surface area contributed by atoms with Crippen molar-refractivity contribution in [2.24, 2.45) is 11.3 Å². The molecule has 0 radical (unpaired) electrons. The summed E-state index contributed by atoms with van der Waals surface area (Å²) >= 11 is 0. The number of hydrogen-bond donors (Lipinski definition) is 1. The third-order valence-electron chi connectivity index (χ3n) is 4.67. The number of hydrogen-bond acceptors (Lipinski definition) is 1. The van der Waals surface area contributed by atoms with E-state index in [0.29, 0.717) is 11.6 Å². The molecule has 1 N–H and O–H groups in total. The molecule has 1 saturated carbocycles. The molecule has 0 bridgehead atoms. The van der Waals surface area contributed by atoms with Crippen LogP contribution in [0, 0.1) is 23.0 Å². The molecular formula is C18H25F2NO. The molecule has 0 unspecified atom stereocenters. The second-order valence-corrected chi connectivity index (χ2v) is 6.86. The molecule has 2 nitrogen and oxygen atoms in total. The Hall–Kier alpha value is -1.45. The van der Waals surface area contributed by atoms with E-state index in [1.54, 1.807) is 0 Å². The van der Waals surface area contributed by atoms with Gasteiger partial charge < -0.3 is 5.32 Å². The number of nitrogens with one attached hydrogen (secondary N) is 1. The summed E-state index contributed by atoms with van der Waals surface area (Å²) in [5.41, 5.74) is -0.0219. The van der Waals surface area contributed by atoms with Gasteiger partial charge in [0.2, 0.25) is 5.91 Å². The summed E-state index contributed by atoms with van der Waals surface area (Å²) in [6, 6.07) is 3.51. The van der Waals surface area contributed by atoms with E-state index in [1.807, 2.05) is 0 Å². The molecule has 1 fully saturated rings. The van der Waals surface area contributed by atoms with Crippen molar-refractivity contribution in [2.45, 2.75) is 58.8 Å². The third-order valence-corrected chi connectivity index (χ3v) is 4.67. The molecule has 0 atom stereocenters. The quantitative estimate of drug-likeness (QED) is 0.786. The van der Waals surface area contributed by atoms with Crippen LogP contribution in [0.25, 0.3) is 0 Å². The van der Waals surface area contributed by atoms with Gasteiger partial charge in [-0.15, -0.1) is 0 Å². The zero-order chi connectivity index (χ0) is 16.2. The first-order valence-corrected chi connectivity index (χ1v) is 8.19. The largest absolute Gasteiger partial charge is 0.326 e. The summed E-state index contributed by atoms with van der Waals surface area (Å²) in [4.78, 5) is 12.8. The Morgan fingerprint density at radius 1 is 1.18 bits per heavy atom. The van der Waals surface area contributed by atoms with Gasteiger partial charge in [-0.2, -0.15) is 0 Å². The van der Waals surface area contributed by atoms with Crippen LogP contribution in [0.15, 0.2) is 18.2 Å². The van der Waals surface area contributed by atoms with Crippen molar-refractivity contribution in [3.8, 4) is 0 Å². The van der Waals surface area contributed by atoms with E-state index in [2.05, 4.69) is 19.2 Å². The number of anilines is 1. The smallest absolute Gasteiger partial charge is 0.230 e. The van der Waals surface area contributed by atoms with Gasteiger partial charge in [0.25, 0.3) is 0 Å². The second kappa shape index (κ2) is 7.21. The Bertz CT molecular complexity index is 522. The Morgan fingerprint density at radius 2 is 1.86 bits per heavy atom. The number of rotatable bonds is 5. The molecule has 4 heteroatoms. The molecule has 1 aliphatic rings. The van der Waals surface area contributed by atoms with E-state index in [9.17, 15) is 13.6 Å². The zero-order valence-corrected chi connectivity index (χ0v) is 13.4. The average molecular weight is 309 g/mol. The lowest BCUT2D eigenvalue weighted by molar-refractivity contribution is -0.128. The fraction of sp³-hybridized carbons (Fsp3) is 0.611. The highest BCUT2D eigenvalue weighted by molar-refractivity contribution is 5.95. The van der Waals surface area contributed by atoms with Gasteiger partial charge in [-0.3, -0.25) is 4.79 Å². The first-order chi connectivity index (χ1) is 10.4. The van der Waals surface area contributed by atoms with E-state index in [1.165, 1.54) is 12.5 Å². The summed E-state index contributed by atoms with van der Waals surface area (Å²) in [6.07, 6.45) is 6.92. The number of amides is 1. The molecule has 0 heterocycles. The number of halogens is 2. The topological polar surface area (TPSA) is 29.1 Å². The number of benzene rings is 1. The highest BCUT2D eigenvalue weighted by Crippen LogP contribution is 2.42. The molecule has 0 aromatic heterocycles. The van der Waals surface area contributed by atoms with E-state index in [-0.39, 0.29) is 11.3 Å². The van der Waals surface area contributed by atoms with Crippen LogP contribution in [0.1, 0.15) is 58.8 Å². The van der Waals surface area contributed by atoms with Crippen molar-refractivity contribution in [1.82, 2.24) is 0 Å². The standard InChI is InChI=1S/C18H25F2NO/c1-13(2)8-11-18(9-4-3-5-10-18)17(22)21-14-6-7-15(19)16(20)12-14/h6-7,12-13H,3-5,8-11H2,1-2H3,(H,21,22). The SMILES string of the molecule is CC(C)CCC1(C(=O)Nc2ccc(F)c(F)c2)CCCCC1. The summed E-state index contributed by atoms with van der Waals surface area (Å²) < 4.78 is 26.3. The van der Waals surface area contributed by atoms with Crippen LogP contribution < -0.4 is 5.32 Å². The van der Waals surface area contributed by atoms with Crippen LogP contribution in [-0.4, -0.2) is 5.91 Å². The molecule has 22 heavy (non-hydrogen) atoms. The van der Waals surface area contributed by atoms with Crippen molar-refractivity contribution in [2.75, 3.05) is 5.32 Å². The Morgan fingerprint density at radius 3 is 2.45 bits per heavy atom. The van der Waals surface area contributed by atoms with Gasteiger partial charge in [0.05, 0.1) is 0 Å². The molecule has 1 aromatic carbocycles. The minimum Gasteiger partial charge on any atom is -0.326 e. The van der Waals surface area contributed by atoms with E-state index in [4.69, 9.17) is 0 Å². The van der Waals surface area contributed by atoms with Crippen LogP contribution in [-0.2, 0) is 4.79 Å². The predicted molar refractivity (Wildman–Crippen MR) is 84.6 cm³/mol. The monoisotopic (exact) mass is 309 g/mol. The zero-order valence-electron chi connectivity index (χ0n) is 13.4. The Labute approximate surface area is 131 Å². The maximum absolute atomic E-state index is 13.3. The van der Waals surface area contributed by atoms with Crippen molar-refractivity contribution in [1.29, 1.82) is 0 Å². The van der Waals surface area contributed by atoms with Crippen LogP contribution in [0.5, 0.6) is 0 Å². The molecule has 2 rings (SSSR count). The lowest BCUT2D eigenvalue weighted by Gasteiger charge is -2.36. The minimum absolute atomic E-state index is 0.0427. The van der Waals surface area contributed by atoms with Crippen molar-refractivity contribution in [3.63, 3.8) is 0 Å². The predicted octanol–water partition coefficient (Wildman–Crippen LogP) is 5.29. The van der Waals surface area contributed by atoms with Gasteiger partial charge >= 0.3 is 0 Å². The van der Waals surface area contributed by atoms with Crippen LogP contribution in [0.3, 0.4) is 0 Å². The molecule has 1 aliphatic carbocycles. The maximum Gasteiger partial charge on any atom is 0.230 e. The number of carbonyl (C=O) groups excluding carboxylic acids is 1. The van der Waals surface area contributed by atoms with E-state index < -0.39 is 11.6 Å². The van der Waals surface area contributed by atoms with Crippen LogP contribution in [0.2, 0.25) is 0 Å². The fourth-order valence-electron chi connectivity index (χ4n) is 3.22. The highest BCUT2D eigenvalue weighted by atomic mass is 19.2. The van der Waals surface area contributed by atoms with E-state index >= 15 is 0 Å². The third kappa shape index (κ3) is 4.05. The summed E-state index contributed by atoms with van der Waals surface area (Å²) in [5, 5.41) is 2.80. The van der Waals surface area contributed by atoms with E-state index in [0.717, 1.165) is 50.7 Å². The summed E-state index contributed by atoms with van der Waals surface area (Å²) in [6.45, 7) is 4.31. The lowest BCUT2D eigenvalue weighted by atomic mass is 9.69. The average Bonchev–Trinajstić information content (AvgIpc) is 2.50. The molecule has 1 amide bonds. The van der Waals surface area contributed by atoms with Crippen molar-refractivity contribution >= 4 is 11.6 Å². The molecule has 0 saturated heterocycles. The van der Waals surface area contributed by atoms with Crippen LogP contribution >= 0.6 is 0 Å². The first kappa shape index (κ1) is 16.9. The summed E-state index contributed by atoms with van der Waals surface area (Å²) in [5.74, 6) is -1.32. The number of carbonyl (C=O) groups is 1. The Kier molecular flexibility index (Phi) is 5.54. The Balaban J connectivity index is 2.12. The molecule has 1 aromatic rings. The second-order valence-electron chi connectivity index (χ2n) is 6.86. The fourth-order valence-corrected chi connectivity index (χ4v) is 3.22.